The Labute approximate surface area is 124 Å². The molecule has 3 rings (SSSR count). The second kappa shape index (κ2) is 5.74. The molecule has 2 aliphatic rings. The molecule has 110 valence electrons. The van der Waals surface area contributed by atoms with Crippen LogP contribution >= 0.6 is 0 Å². The molecule has 21 heavy (non-hydrogen) atoms. The number of nitrogens with two attached hydrogens (primary N) is 1. The number of rotatable bonds is 3. The van der Waals surface area contributed by atoms with Gasteiger partial charge in [-0.1, -0.05) is 0 Å². The molecule has 0 bridgehead atoms. The summed E-state index contributed by atoms with van der Waals surface area (Å²) in [5.41, 5.74) is 8.11. The smallest absolute Gasteiger partial charge is 0.227 e. The fourth-order valence-electron chi connectivity index (χ4n) is 3.20. The van der Waals surface area contributed by atoms with Gasteiger partial charge in [0.15, 0.2) is 0 Å². The Hall–Kier alpha value is -2.06. The number of hydrogen-bond acceptors (Lipinski definition) is 4. The lowest BCUT2D eigenvalue weighted by atomic mass is 10.1. The Morgan fingerprint density at radius 2 is 2.10 bits per heavy atom. The van der Waals surface area contributed by atoms with E-state index in [-0.39, 0.29) is 11.8 Å². The minimum atomic E-state index is 0.100. The third-order valence-electron chi connectivity index (χ3n) is 4.40. The molecule has 1 aromatic carbocycles. The maximum Gasteiger partial charge on any atom is 0.227 e. The summed E-state index contributed by atoms with van der Waals surface area (Å²) in [5.74, 6) is 0.324. The van der Waals surface area contributed by atoms with Crippen LogP contribution in [-0.2, 0) is 4.79 Å². The van der Waals surface area contributed by atoms with E-state index < -0.39 is 0 Å². The average molecular weight is 284 g/mol. The molecule has 2 aliphatic heterocycles. The summed E-state index contributed by atoms with van der Waals surface area (Å²) in [6.07, 6.45) is 2.86. The molecule has 0 aliphatic carbocycles. The molecule has 0 radical (unpaired) electrons. The van der Waals surface area contributed by atoms with Crippen LogP contribution in [0.3, 0.4) is 0 Å². The van der Waals surface area contributed by atoms with E-state index in [0.717, 1.165) is 24.5 Å². The van der Waals surface area contributed by atoms with Crippen LogP contribution in [0.15, 0.2) is 18.2 Å². The van der Waals surface area contributed by atoms with E-state index in [1.54, 1.807) is 4.90 Å². The predicted octanol–water partition coefficient (Wildman–Crippen LogP) is 1.47. The molecule has 2 heterocycles. The maximum atomic E-state index is 12.1. The fourth-order valence-corrected chi connectivity index (χ4v) is 3.20. The van der Waals surface area contributed by atoms with Gasteiger partial charge in [-0.15, -0.1) is 0 Å². The van der Waals surface area contributed by atoms with E-state index in [9.17, 15) is 10.1 Å². The zero-order valence-corrected chi connectivity index (χ0v) is 12.1. The molecule has 5 heteroatoms. The second-order valence-electron chi connectivity index (χ2n) is 5.82. The standard InChI is InChI=1S/C16H20N4O/c17-9-12-7-16(21)20(11-12)14-3-4-15(13(8-14)10-18)19-5-1-2-6-19/h3-4,8,12H,1-2,5-7,9,11,17H2. The van der Waals surface area contributed by atoms with Gasteiger partial charge in [0.25, 0.3) is 0 Å². The largest absolute Gasteiger partial charge is 0.370 e. The highest BCUT2D eigenvalue weighted by atomic mass is 16.2. The number of hydrogen-bond donors (Lipinski definition) is 1. The van der Waals surface area contributed by atoms with Crippen molar-refractivity contribution in [3.8, 4) is 6.07 Å². The van der Waals surface area contributed by atoms with Crippen molar-refractivity contribution >= 4 is 17.3 Å². The summed E-state index contributed by atoms with van der Waals surface area (Å²) in [5, 5.41) is 9.41. The lowest BCUT2D eigenvalue weighted by molar-refractivity contribution is -0.117. The van der Waals surface area contributed by atoms with Crippen LogP contribution in [0.4, 0.5) is 11.4 Å². The molecular formula is C16H20N4O. The van der Waals surface area contributed by atoms with E-state index >= 15 is 0 Å². The van der Waals surface area contributed by atoms with Crippen molar-refractivity contribution in [2.45, 2.75) is 19.3 Å². The van der Waals surface area contributed by atoms with Gasteiger partial charge in [-0.25, -0.2) is 0 Å². The van der Waals surface area contributed by atoms with Gasteiger partial charge in [-0.2, -0.15) is 5.26 Å². The molecule has 0 aromatic heterocycles. The molecular weight excluding hydrogens is 264 g/mol. The predicted molar refractivity (Wildman–Crippen MR) is 82.1 cm³/mol. The highest BCUT2D eigenvalue weighted by molar-refractivity contribution is 5.96. The molecule has 1 atom stereocenters. The first-order valence-corrected chi connectivity index (χ1v) is 7.52. The second-order valence-corrected chi connectivity index (χ2v) is 5.82. The van der Waals surface area contributed by atoms with E-state index in [1.807, 2.05) is 18.2 Å². The monoisotopic (exact) mass is 284 g/mol. The van der Waals surface area contributed by atoms with Crippen molar-refractivity contribution in [3.63, 3.8) is 0 Å². The number of benzene rings is 1. The van der Waals surface area contributed by atoms with Crippen LogP contribution in [-0.4, -0.2) is 32.1 Å². The first-order chi connectivity index (χ1) is 10.2. The van der Waals surface area contributed by atoms with E-state index in [4.69, 9.17) is 5.73 Å². The Bertz CT molecular complexity index is 586. The Morgan fingerprint density at radius 1 is 1.33 bits per heavy atom. The van der Waals surface area contributed by atoms with Crippen LogP contribution in [0.1, 0.15) is 24.8 Å². The molecule has 2 N–H and O–H groups in total. The number of anilines is 2. The minimum Gasteiger partial charge on any atom is -0.370 e. The number of carbonyl (C=O) groups is 1. The molecule has 1 aromatic rings. The zero-order valence-electron chi connectivity index (χ0n) is 12.1. The molecule has 2 saturated heterocycles. The highest BCUT2D eigenvalue weighted by Gasteiger charge is 2.30. The van der Waals surface area contributed by atoms with Crippen LogP contribution in [0.2, 0.25) is 0 Å². The zero-order chi connectivity index (χ0) is 14.8. The van der Waals surface area contributed by atoms with Gasteiger partial charge in [0, 0.05) is 31.7 Å². The van der Waals surface area contributed by atoms with Gasteiger partial charge < -0.3 is 15.5 Å². The van der Waals surface area contributed by atoms with E-state index in [0.29, 0.717) is 25.1 Å². The Morgan fingerprint density at radius 3 is 2.71 bits per heavy atom. The van der Waals surface area contributed by atoms with Crippen LogP contribution in [0.25, 0.3) is 0 Å². The Kier molecular flexibility index (Phi) is 3.80. The fraction of sp³-hybridized carbons (Fsp3) is 0.500. The number of nitrogens with zero attached hydrogens (tertiary/aromatic N) is 3. The van der Waals surface area contributed by atoms with Gasteiger partial charge in [-0.3, -0.25) is 4.79 Å². The quantitative estimate of drug-likeness (QED) is 0.912. The molecule has 1 unspecified atom stereocenters. The molecule has 5 nitrogen and oxygen atoms in total. The summed E-state index contributed by atoms with van der Waals surface area (Å²) in [4.78, 5) is 16.1. The molecule has 2 fully saturated rings. The topological polar surface area (TPSA) is 73.4 Å². The third-order valence-corrected chi connectivity index (χ3v) is 4.40. The SMILES string of the molecule is N#Cc1cc(N2CC(CN)CC2=O)ccc1N1CCCC1. The van der Waals surface area contributed by atoms with Crippen LogP contribution < -0.4 is 15.5 Å². The number of nitriles is 1. The summed E-state index contributed by atoms with van der Waals surface area (Å²) in [6.45, 7) is 3.19. The lowest BCUT2D eigenvalue weighted by Gasteiger charge is -2.22. The van der Waals surface area contributed by atoms with Gasteiger partial charge in [0.2, 0.25) is 5.91 Å². The van der Waals surface area contributed by atoms with Crippen molar-refractivity contribution in [1.29, 1.82) is 5.26 Å². The normalized spacial score (nSPS) is 21.9. The van der Waals surface area contributed by atoms with Gasteiger partial charge in [-0.05, 0) is 43.5 Å². The summed E-state index contributed by atoms with van der Waals surface area (Å²) >= 11 is 0. The van der Waals surface area contributed by atoms with Crippen molar-refractivity contribution in [2.75, 3.05) is 36.0 Å². The Balaban J connectivity index is 1.88. The summed E-state index contributed by atoms with van der Waals surface area (Å²) in [6, 6.07) is 8.03. The summed E-state index contributed by atoms with van der Waals surface area (Å²) in [7, 11) is 0. The highest BCUT2D eigenvalue weighted by Crippen LogP contribution is 2.31. The van der Waals surface area contributed by atoms with Crippen molar-refractivity contribution in [2.24, 2.45) is 11.7 Å². The van der Waals surface area contributed by atoms with Crippen molar-refractivity contribution in [3.05, 3.63) is 23.8 Å². The minimum absolute atomic E-state index is 0.100. The summed E-state index contributed by atoms with van der Waals surface area (Å²) < 4.78 is 0. The van der Waals surface area contributed by atoms with Crippen LogP contribution in [0, 0.1) is 17.2 Å². The first-order valence-electron chi connectivity index (χ1n) is 7.52. The first kappa shape index (κ1) is 13.9. The van der Waals surface area contributed by atoms with Crippen molar-refractivity contribution < 1.29 is 4.79 Å². The van der Waals surface area contributed by atoms with Gasteiger partial charge in [0.1, 0.15) is 6.07 Å². The number of amides is 1. The van der Waals surface area contributed by atoms with Crippen molar-refractivity contribution in [1.82, 2.24) is 0 Å². The van der Waals surface area contributed by atoms with E-state index in [1.165, 1.54) is 12.8 Å². The van der Waals surface area contributed by atoms with E-state index in [2.05, 4.69) is 11.0 Å². The van der Waals surface area contributed by atoms with Crippen LogP contribution in [0.5, 0.6) is 0 Å². The molecule has 0 saturated carbocycles. The van der Waals surface area contributed by atoms with Gasteiger partial charge in [0.05, 0.1) is 11.3 Å². The van der Waals surface area contributed by atoms with Gasteiger partial charge >= 0.3 is 0 Å². The lowest BCUT2D eigenvalue weighted by Crippen LogP contribution is -2.26. The number of carbonyl (C=O) groups excluding carboxylic acids is 1. The average Bonchev–Trinajstić information content (AvgIpc) is 3.16. The molecule has 0 spiro atoms. The molecule has 1 amide bonds. The maximum absolute atomic E-state index is 12.1. The third kappa shape index (κ3) is 2.59.